The van der Waals surface area contributed by atoms with Crippen LogP contribution in [0.25, 0.3) is 10.9 Å². The number of nitrogens with one attached hydrogen (secondary N) is 2. The number of ether oxygens (including phenoxy) is 1. The van der Waals surface area contributed by atoms with Gasteiger partial charge in [0.25, 0.3) is 5.56 Å². The van der Waals surface area contributed by atoms with E-state index in [9.17, 15) is 9.90 Å². The highest BCUT2D eigenvalue weighted by atomic mass is 32.1. The van der Waals surface area contributed by atoms with Gasteiger partial charge in [-0.1, -0.05) is 30.3 Å². The summed E-state index contributed by atoms with van der Waals surface area (Å²) in [6.07, 6.45) is 1.42. The Bertz CT molecular complexity index is 1050. The van der Waals surface area contributed by atoms with Crippen LogP contribution in [0.1, 0.15) is 24.5 Å². The smallest absolute Gasteiger partial charge is 0.253 e. The third kappa shape index (κ3) is 6.54. The van der Waals surface area contributed by atoms with E-state index in [0.29, 0.717) is 43.3 Å². The Hall–Kier alpha value is -2.90. The Balaban J connectivity index is 1.72. The Kier molecular flexibility index (Phi) is 8.44. The number of H-pyrrole nitrogens is 1. The van der Waals surface area contributed by atoms with Crippen molar-refractivity contribution in [3.8, 4) is 5.75 Å². The summed E-state index contributed by atoms with van der Waals surface area (Å²) in [6.45, 7) is 4.21. The molecule has 0 aliphatic carbocycles. The van der Waals surface area contributed by atoms with Crippen LogP contribution in [0.4, 0.5) is 0 Å². The minimum absolute atomic E-state index is 0.0644. The van der Waals surface area contributed by atoms with Crippen molar-refractivity contribution in [3.05, 3.63) is 76.1 Å². The number of aromatic amines is 1. The molecule has 0 saturated heterocycles. The molecule has 1 heterocycles. The van der Waals surface area contributed by atoms with Crippen molar-refractivity contribution in [1.29, 1.82) is 0 Å². The molecule has 0 fully saturated rings. The third-order valence-corrected chi connectivity index (χ3v) is 5.37. The molecule has 1 aromatic heterocycles. The first-order valence-electron chi connectivity index (χ1n) is 10.6. The van der Waals surface area contributed by atoms with Gasteiger partial charge in [0.2, 0.25) is 0 Å². The normalized spacial score (nSPS) is 10.8. The van der Waals surface area contributed by atoms with Gasteiger partial charge in [-0.2, -0.15) is 0 Å². The number of hydrogen-bond acceptors (Lipinski definition) is 4. The molecule has 6 nitrogen and oxygen atoms in total. The first-order valence-corrected chi connectivity index (χ1v) is 11.0. The summed E-state index contributed by atoms with van der Waals surface area (Å²) in [5.74, 6) is 0.767. The van der Waals surface area contributed by atoms with E-state index in [0.717, 1.165) is 23.1 Å². The highest BCUT2D eigenvalue weighted by Gasteiger charge is 2.13. The van der Waals surface area contributed by atoms with Gasteiger partial charge in [-0.05, 0) is 61.8 Å². The minimum Gasteiger partial charge on any atom is -0.494 e. The number of benzene rings is 2. The van der Waals surface area contributed by atoms with Crippen LogP contribution in [0.2, 0.25) is 0 Å². The van der Waals surface area contributed by atoms with Crippen LogP contribution in [0.5, 0.6) is 5.75 Å². The molecule has 0 atom stereocenters. The average molecular weight is 440 g/mol. The lowest BCUT2D eigenvalue weighted by atomic mass is 10.1. The minimum atomic E-state index is -0.141. The van der Waals surface area contributed by atoms with Crippen LogP contribution in [0, 0.1) is 0 Å². The second-order valence-electron chi connectivity index (χ2n) is 7.27. The van der Waals surface area contributed by atoms with E-state index in [1.54, 1.807) is 0 Å². The highest BCUT2D eigenvalue weighted by Crippen LogP contribution is 2.19. The van der Waals surface area contributed by atoms with E-state index in [1.165, 1.54) is 5.56 Å². The molecule has 0 spiro atoms. The van der Waals surface area contributed by atoms with Gasteiger partial charge in [0.1, 0.15) is 5.75 Å². The molecular weight excluding hydrogens is 410 g/mol. The quantitative estimate of drug-likeness (QED) is 0.421. The van der Waals surface area contributed by atoms with Crippen LogP contribution in [0.15, 0.2) is 59.4 Å². The topological polar surface area (TPSA) is 77.6 Å². The molecule has 0 unspecified atom stereocenters. The summed E-state index contributed by atoms with van der Waals surface area (Å²) >= 11 is 5.60. The van der Waals surface area contributed by atoms with Crippen molar-refractivity contribution in [3.63, 3.8) is 0 Å². The fraction of sp³-hybridized carbons (Fsp3) is 0.333. The summed E-state index contributed by atoms with van der Waals surface area (Å²) in [6, 6.07) is 17.7. The number of aromatic nitrogens is 1. The van der Waals surface area contributed by atoms with Crippen molar-refractivity contribution in [2.24, 2.45) is 0 Å². The van der Waals surface area contributed by atoms with Gasteiger partial charge in [-0.25, -0.2) is 0 Å². The van der Waals surface area contributed by atoms with Gasteiger partial charge in [0.05, 0.1) is 13.2 Å². The zero-order chi connectivity index (χ0) is 22.1. The number of aliphatic hydroxyl groups excluding tert-OH is 1. The van der Waals surface area contributed by atoms with Gasteiger partial charge in [0, 0.05) is 36.2 Å². The molecule has 3 aromatic rings. The van der Waals surface area contributed by atoms with E-state index in [-0.39, 0.29) is 12.2 Å². The van der Waals surface area contributed by atoms with Crippen molar-refractivity contribution in [1.82, 2.24) is 15.2 Å². The molecule has 2 aromatic carbocycles. The van der Waals surface area contributed by atoms with E-state index in [4.69, 9.17) is 17.0 Å². The SMILES string of the molecule is CCOc1ccc2[nH]c(=O)c(CN(CCCO)C(=S)NCCc3ccccc3)cc2c1. The fourth-order valence-corrected chi connectivity index (χ4v) is 3.65. The second-order valence-corrected chi connectivity index (χ2v) is 7.66. The maximum absolute atomic E-state index is 12.6. The summed E-state index contributed by atoms with van der Waals surface area (Å²) < 4.78 is 5.58. The molecule has 0 amide bonds. The molecule has 7 heteroatoms. The molecule has 0 radical (unpaired) electrons. The lowest BCUT2D eigenvalue weighted by Gasteiger charge is -2.25. The fourth-order valence-electron chi connectivity index (χ4n) is 3.39. The highest BCUT2D eigenvalue weighted by molar-refractivity contribution is 7.80. The van der Waals surface area contributed by atoms with E-state index < -0.39 is 0 Å². The van der Waals surface area contributed by atoms with Gasteiger partial charge in [-0.15, -0.1) is 0 Å². The lowest BCUT2D eigenvalue weighted by Crippen LogP contribution is -2.41. The maximum Gasteiger partial charge on any atom is 0.253 e. The number of fused-ring (bicyclic) bond motifs is 1. The molecule has 0 aliphatic heterocycles. The number of thiocarbonyl (C=S) groups is 1. The Morgan fingerprint density at radius 2 is 2.00 bits per heavy atom. The van der Waals surface area contributed by atoms with Crippen molar-refractivity contribution < 1.29 is 9.84 Å². The van der Waals surface area contributed by atoms with Crippen molar-refractivity contribution >= 4 is 28.2 Å². The van der Waals surface area contributed by atoms with E-state index in [2.05, 4.69) is 22.4 Å². The molecule has 0 saturated carbocycles. The number of rotatable bonds is 10. The summed E-state index contributed by atoms with van der Waals surface area (Å²) in [7, 11) is 0. The van der Waals surface area contributed by atoms with Crippen LogP contribution in [0.3, 0.4) is 0 Å². The summed E-state index contributed by atoms with van der Waals surface area (Å²) in [5, 5.41) is 14.1. The molecule has 3 N–H and O–H groups in total. The van der Waals surface area contributed by atoms with Gasteiger partial charge < -0.3 is 25.0 Å². The van der Waals surface area contributed by atoms with Gasteiger partial charge in [-0.3, -0.25) is 4.79 Å². The van der Waals surface area contributed by atoms with Crippen LogP contribution in [-0.2, 0) is 13.0 Å². The lowest BCUT2D eigenvalue weighted by molar-refractivity contribution is 0.264. The number of hydrogen-bond donors (Lipinski definition) is 3. The third-order valence-electron chi connectivity index (χ3n) is 4.97. The Labute approximate surface area is 187 Å². The second kappa shape index (κ2) is 11.5. The Morgan fingerprint density at radius 1 is 1.19 bits per heavy atom. The van der Waals surface area contributed by atoms with Gasteiger partial charge >= 0.3 is 0 Å². The van der Waals surface area contributed by atoms with Crippen LogP contribution < -0.4 is 15.6 Å². The van der Waals surface area contributed by atoms with Crippen molar-refractivity contribution in [2.75, 3.05) is 26.3 Å². The summed E-state index contributed by atoms with van der Waals surface area (Å²) in [4.78, 5) is 17.5. The Morgan fingerprint density at radius 3 is 2.74 bits per heavy atom. The predicted octanol–water partition coefficient (Wildman–Crippen LogP) is 3.23. The molecule has 0 bridgehead atoms. The van der Waals surface area contributed by atoms with E-state index >= 15 is 0 Å². The molecule has 0 aliphatic rings. The monoisotopic (exact) mass is 439 g/mol. The standard InChI is InChI=1S/C24H29N3O3S/c1-2-30-21-9-10-22-19(16-21)15-20(23(29)26-22)17-27(13-6-14-28)24(31)25-12-11-18-7-4-3-5-8-18/h3-5,7-10,15-16,28H,2,6,11-14,17H2,1H3,(H,25,31)(H,26,29). The van der Waals surface area contributed by atoms with Crippen LogP contribution in [-0.4, -0.2) is 46.4 Å². The largest absolute Gasteiger partial charge is 0.494 e. The molecule has 31 heavy (non-hydrogen) atoms. The summed E-state index contributed by atoms with van der Waals surface area (Å²) in [5.41, 5.74) is 2.47. The first kappa shape index (κ1) is 22.8. The number of nitrogens with zero attached hydrogens (tertiary/aromatic N) is 1. The average Bonchev–Trinajstić information content (AvgIpc) is 2.78. The van der Waals surface area contributed by atoms with E-state index in [1.807, 2.05) is 54.3 Å². The number of aliphatic hydroxyl groups is 1. The van der Waals surface area contributed by atoms with Gasteiger partial charge in [0.15, 0.2) is 5.11 Å². The number of pyridine rings is 1. The zero-order valence-corrected chi connectivity index (χ0v) is 18.6. The van der Waals surface area contributed by atoms with Crippen LogP contribution >= 0.6 is 12.2 Å². The first-order chi connectivity index (χ1) is 15.1. The van der Waals surface area contributed by atoms with Crippen molar-refractivity contribution in [2.45, 2.75) is 26.3 Å². The molecular formula is C24H29N3O3S. The maximum atomic E-state index is 12.6. The molecule has 164 valence electrons. The predicted molar refractivity (Wildman–Crippen MR) is 129 cm³/mol. The zero-order valence-electron chi connectivity index (χ0n) is 17.8. The molecule has 3 rings (SSSR count).